The Morgan fingerprint density at radius 2 is 0.957 bits per heavy atom. The Labute approximate surface area is 282 Å². The second-order valence-electron chi connectivity index (χ2n) is 12.9. The van der Waals surface area contributed by atoms with Crippen LogP contribution in [0.15, 0.2) is 29.2 Å². The molecule has 46 heavy (non-hydrogen) atoms. The highest BCUT2D eigenvalue weighted by atomic mass is 32.2. The number of unbranched alkanes of at least 4 members (excludes halogenated alkanes) is 20. The van der Waals surface area contributed by atoms with E-state index in [9.17, 15) is 18.0 Å². The van der Waals surface area contributed by atoms with Gasteiger partial charge in [0.05, 0.1) is 4.90 Å². The number of aryl methyl sites for hydroxylation is 1. The molecule has 1 unspecified atom stereocenters. The van der Waals surface area contributed by atoms with Gasteiger partial charge in [0.15, 0.2) is 6.10 Å². The summed E-state index contributed by atoms with van der Waals surface area (Å²) >= 11 is 0. The van der Waals surface area contributed by atoms with Crippen LogP contribution in [0.3, 0.4) is 0 Å². The van der Waals surface area contributed by atoms with E-state index < -0.39 is 28.8 Å². The smallest absolute Gasteiger partial charge is 0.306 e. The fourth-order valence-electron chi connectivity index (χ4n) is 5.42. The standard InChI is InChI=1S/C38H66O7S/c1-4-6-8-10-12-14-16-18-20-22-24-26-37(39)43-32-35(33-44-46(41,42)36-30-28-34(3)29-31-36)45-38(40)27-25-23-21-19-17-15-13-11-9-7-5-2/h28-31,35H,4-27,32-33H2,1-3H3. The van der Waals surface area contributed by atoms with Crippen molar-refractivity contribution in [1.29, 1.82) is 0 Å². The molecule has 0 N–H and O–H groups in total. The molecule has 7 nitrogen and oxygen atoms in total. The molecule has 0 saturated carbocycles. The van der Waals surface area contributed by atoms with Crippen LogP contribution in [0.1, 0.15) is 174 Å². The Balaban J connectivity index is 2.39. The Morgan fingerprint density at radius 3 is 1.39 bits per heavy atom. The highest BCUT2D eigenvalue weighted by Crippen LogP contribution is 2.16. The summed E-state index contributed by atoms with van der Waals surface area (Å²) in [5, 5.41) is 0. The zero-order valence-electron chi connectivity index (χ0n) is 29.5. The minimum Gasteiger partial charge on any atom is -0.462 e. The van der Waals surface area contributed by atoms with Crippen molar-refractivity contribution >= 4 is 22.1 Å². The first-order valence-corrected chi connectivity index (χ1v) is 20.0. The van der Waals surface area contributed by atoms with E-state index in [2.05, 4.69) is 13.8 Å². The number of rotatable bonds is 31. The molecule has 0 aliphatic heterocycles. The molecule has 1 aromatic carbocycles. The number of hydrogen-bond donors (Lipinski definition) is 0. The Morgan fingerprint density at radius 1 is 0.565 bits per heavy atom. The lowest BCUT2D eigenvalue weighted by molar-refractivity contribution is -0.161. The van der Waals surface area contributed by atoms with Crippen LogP contribution in [0.4, 0.5) is 0 Å². The minimum atomic E-state index is -4.05. The van der Waals surface area contributed by atoms with Gasteiger partial charge in [0.1, 0.15) is 13.2 Å². The molecule has 0 aliphatic rings. The molecule has 1 aromatic rings. The lowest BCUT2D eigenvalue weighted by Crippen LogP contribution is -2.31. The molecular weight excluding hydrogens is 600 g/mol. The van der Waals surface area contributed by atoms with Crippen molar-refractivity contribution < 1.29 is 31.7 Å². The maximum atomic E-state index is 12.7. The second-order valence-corrected chi connectivity index (χ2v) is 14.5. The van der Waals surface area contributed by atoms with Gasteiger partial charge in [0.2, 0.25) is 0 Å². The minimum absolute atomic E-state index is 0.0256. The Hall–Kier alpha value is -1.93. The maximum absolute atomic E-state index is 12.7. The summed E-state index contributed by atoms with van der Waals surface area (Å²) in [7, 11) is -4.05. The average molecular weight is 667 g/mol. The zero-order chi connectivity index (χ0) is 33.7. The molecule has 0 heterocycles. The monoisotopic (exact) mass is 666 g/mol. The van der Waals surface area contributed by atoms with Gasteiger partial charge in [0, 0.05) is 12.8 Å². The number of carbonyl (C=O) groups is 2. The number of carbonyl (C=O) groups excluding carboxylic acids is 2. The van der Waals surface area contributed by atoms with Crippen LogP contribution in [0.25, 0.3) is 0 Å². The van der Waals surface area contributed by atoms with E-state index >= 15 is 0 Å². The number of ether oxygens (including phenoxy) is 2. The summed E-state index contributed by atoms with van der Waals surface area (Å²) in [5.41, 5.74) is 0.929. The molecule has 0 radical (unpaired) electrons. The van der Waals surface area contributed by atoms with Crippen LogP contribution >= 0.6 is 0 Å². The summed E-state index contributed by atoms with van der Waals surface area (Å²) in [6.45, 7) is 5.69. The molecule has 0 saturated heterocycles. The van der Waals surface area contributed by atoms with E-state index in [4.69, 9.17) is 13.7 Å². The SMILES string of the molecule is CCCCCCCCCCCCCC(=O)OCC(COS(=O)(=O)c1ccc(C)cc1)OC(=O)CCCCCCCCCCCCC. The van der Waals surface area contributed by atoms with Crippen molar-refractivity contribution in [3.63, 3.8) is 0 Å². The van der Waals surface area contributed by atoms with E-state index in [1.807, 2.05) is 6.92 Å². The second kappa shape index (κ2) is 28.1. The molecule has 0 spiro atoms. The van der Waals surface area contributed by atoms with Gasteiger partial charge < -0.3 is 9.47 Å². The molecule has 0 amide bonds. The summed E-state index contributed by atoms with van der Waals surface area (Å²) in [5.74, 6) is -0.803. The van der Waals surface area contributed by atoms with Gasteiger partial charge in [-0.3, -0.25) is 13.8 Å². The van der Waals surface area contributed by atoms with Crippen molar-refractivity contribution in [2.45, 2.75) is 186 Å². The molecule has 0 fully saturated rings. The fourth-order valence-corrected chi connectivity index (χ4v) is 6.36. The zero-order valence-corrected chi connectivity index (χ0v) is 30.4. The van der Waals surface area contributed by atoms with Crippen LogP contribution in [-0.4, -0.2) is 39.7 Å². The quantitative estimate of drug-likeness (QED) is 0.0442. The molecule has 0 bridgehead atoms. The third-order valence-electron chi connectivity index (χ3n) is 8.42. The third kappa shape index (κ3) is 23.4. The first-order chi connectivity index (χ1) is 22.3. The lowest BCUT2D eigenvalue weighted by atomic mass is 10.1. The summed E-state index contributed by atoms with van der Waals surface area (Å²) in [6, 6.07) is 6.34. The lowest BCUT2D eigenvalue weighted by Gasteiger charge is -2.18. The molecule has 8 heteroatoms. The molecule has 0 aromatic heterocycles. The number of esters is 2. The van der Waals surface area contributed by atoms with Crippen molar-refractivity contribution in [3.05, 3.63) is 29.8 Å². The summed E-state index contributed by atoms with van der Waals surface area (Å²) in [6.07, 6.45) is 25.6. The van der Waals surface area contributed by atoms with Gasteiger partial charge in [-0.1, -0.05) is 160 Å². The topological polar surface area (TPSA) is 96.0 Å². The predicted octanol–water partition coefficient (Wildman–Crippen LogP) is 10.6. The van der Waals surface area contributed by atoms with E-state index in [1.54, 1.807) is 12.1 Å². The molecule has 1 atom stereocenters. The van der Waals surface area contributed by atoms with Crippen LogP contribution in [0.2, 0.25) is 0 Å². The van der Waals surface area contributed by atoms with E-state index in [-0.39, 0.29) is 23.9 Å². The van der Waals surface area contributed by atoms with Crippen LogP contribution < -0.4 is 0 Å². The van der Waals surface area contributed by atoms with Crippen LogP contribution in [0.5, 0.6) is 0 Å². The highest BCUT2D eigenvalue weighted by molar-refractivity contribution is 7.86. The van der Waals surface area contributed by atoms with E-state index in [0.717, 1.165) is 37.7 Å². The van der Waals surface area contributed by atoms with Gasteiger partial charge in [-0.25, -0.2) is 0 Å². The van der Waals surface area contributed by atoms with Gasteiger partial charge in [0.25, 0.3) is 10.1 Å². The first kappa shape index (κ1) is 42.1. The Bertz CT molecular complexity index is 991. The summed E-state index contributed by atoms with van der Waals surface area (Å²) < 4.78 is 41.6. The van der Waals surface area contributed by atoms with Gasteiger partial charge in [-0.2, -0.15) is 8.42 Å². The molecule has 1 rings (SSSR count). The van der Waals surface area contributed by atoms with Crippen LogP contribution in [0, 0.1) is 6.92 Å². The largest absolute Gasteiger partial charge is 0.462 e. The van der Waals surface area contributed by atoms with Crippen molar-refractivity contribution in [3.8, 4) is 0 Å². The van der Waals surface area contributed by atoms with Crippen molar-refractivity contribution in [2.24, 2.45) is 0 Å². The normalized spacial score (nSPS) is 12.2. The van der Waals surface area contributed by atoms with Crippen molar-refractivity contribution in [2.75, 3.05) is 13.2 Å². The van der Waals surface area contributed by atoms with Gasteiger partial charge in [-0.05, 0) is 31.9 Å². The highest BCUT2D eigenvalue weighted by Gasteiger charge is 2.23. The number of benzene rings is 1. The molecule has 0 aliphatic carbocycles. The fraction of sp³-hybridized carbons (Fsp3) is 0.789. The van der Waals surface area contributed by atoms with Crippen LogP contribution in [-0.2, 0) is 33.4 Å². The average Bonchev–Trinajstić information content (AvgIpc) is 3.04. The predicted molar refractivity (Wildman–Crippen MR) is 187 cm³/mol. The third-order valence-corrected chi connectivity index (χ3v) is 9.71. The van der Waals surface area contributed by atoms with E-state index in [1.165, 1.54) is 115 Å². The maximum Gasteiger partial charge on any atom is 0.306 e. The van der Waals surface area contributed by atoms with Gasteiger partial charge >= 0.3 is 11.9 Å². The summed E-state index contributed by atoms with van der Waals surface area (Å²) in [4.78, 5) is 25.0. The van der Waals surface area contributed by atoms with Gasteiger partial charge in [-0.15, -0.1) is 0 Å². The molecular formula is C38H66O7S. The number of hydrogen-bond acceptors (Lipinski definition) is 7. The Kier molecular flexibility index (Phi) is 25.7. The van der Waals surface area contributed by atoms with E-state index in [0.29, 0.717) is 12.8 Å². The first-order valence-electron chi connectivity index (χ1n) is 18.6. The molecule has 266 valence electrons. The van der Waals surface area contributed by atoms with Crippen molar-refractivity contribution in [1.82, 2.24) is 0 Å².